The maximum Gasteiger partial charge on any atom is 0.223 e. The molecule has 0 atom stereocenters. The molecule has 1 aliphatic carbocycles. The third-order valence-corrected chi connectivity index (χ3v) is 5.46. The summed E-state index contributed by atoms with van der Waals surface area (Å²) in [4.78, 5) is 14.6. The van der Waals surface area contributed by atoms with E-state index in [1.165, 1.54) is 31.7 Å². The molecule has 0 saturated heterocycles. The van der Waals surface area contributed by atoms with Crippen molar-refractivity contribution in [2.45, 2.75) is 51.6 Å². The lowest BCUT2D eigenvalue weighted by Gasteiger charge is -2.23. The number of aromatic nitrogens is 1. The summed E-state index contributed by atoms with van der Waals surface area (Å²) in [5.41, 5.74) is 1.96. The summed E-state index contributed by atoms with van der Waals surface area (Å²) in [6.45, 7) is 5.51. The number of hydrogen-bond acceptors (Lipinski definition) is 1. The minimum atomic E-state index is -0.225. The smallest absolute Gasteiger partial charge is 0.223 e. The van der Waals surface area contributed by atoms with E-state index in [4.69, 9.17) is 0 Å². The molecule has 144 valence electrons. The van der Waals surface area contributed by atoms with Crippen LogP contribution in [0.15, 0.2) is 55.3 Å². The third-order valence-electron chi connectivity index (χ3n) is 5.46. The van der Waals surface area contributed by atoms with E-state index < -0.39 is 0 Å². The SMILES string of the molecule is C=CCN(Cc1cccn1Cc1cccc(F)c1)C(=O)CCC1CCCC1. The van der Waals surface area contributed by atoms with Gasteiger partial charge >= 0.3 is 0 Å². The second-order valence-corrected chi connectivity index (χ2v) is 7.51. The van der Waals surface area contributed by atoms with Gasteiger partial charge < -0.3 is 9.47 Å². The summed E-state index contributed by atoms with van der Waals surface area (Å²) in [5, 5.41) is 0. The first-order chi connectivity index (χ1) is 13.2. The minimum absolute atomic E-state index is 0.195. The standard InChI is InChI=1S/C23H29FN2O/c1-2-14-26(23(27)13-12-19-7-3-4-8-19)18-22-11-6-15-25(22)17-20-9-5-10-21(24)16-20/h2,5-6,9-11,15-16,19H,1,3-4,7-8,12-14,17-18H2. The van der Waals surface area contributed by atoms with Crippen molar-refractivity contribution >= 4 is 5.91 Å². The number of halogens is 1. The molecule has 2 aromatic rings. The van der Waals surface area contributed by atoms with Gasteiger partial charge in [-0.1, -0.05) is 43.9 Å². The monoisotopic (exact) mass is 368 g/mol. The van der Waals surface area contributed by atoms with E-state index >= 15 is 0 Å². The highest BCUT2D eigenvalue weighted by molar-refractivity contribution is 5.76. The van der Waals surface area contributed by atoms with Gasteiger partial charge in [0.05, 0.1) is 6.54 Å². The summed E-state index contributed by atoms with van der Waals surface area (Å²) < 4.78 is 15.5. The largest absolute Gasteiger partial charge is 0.345 e. The molecule has 1 aromatic heterocycles. The van der Waals surface area contributed by atoms with Gasteiger partial charge in [-0.15, -0.1) is 6.58 Å². The Kier molecular flexibility index (Phi) is 6.86. The van der Waals surface area contributed by atoms with Crippen molar-refractivity contribution in [1.29, 1.82) is 0 Å². The van der Waals surface area contributed by atoms with E-state index in [-0.39, 0.29) is 11.7 Å². The summed E-state index contributed by atoms with van der Waals surface area (Å²) in [7, 11) is 0. The molecule has 0 spiro atoms. The highest BCUT2D eigenvalue weighted by atomic mass is 19.1. The first-order valence-electron chi connectivity index (χ1n) is 9.93. The summed E-state index contributed by atoms with van der Waals surface area (Å²) in [6.07, 6.45) is 10.5. The van der Waals surface area contributed by atoms with E-state index in [0.717, 1.165) is 23.6 Å². The van der Waals surface area contributed by atoms with Gasteiger partial charge in [-0.25, -0.2) is 4.39 Å². The van der Waals surface area contributed by atoms with Crippen LogP contribution in [0.25, 0.3) is 0 Å². The highest BCUT2D eigenvalue weighted by Crippen LogP contribution is 2.28. The molecule has 0 aliphatic heterocycles. The van der Waals surface area contributed by atoms with Crippen LogP contribution < -0.4 is 0 Å². The first-order valence-corrected chi connectivity index (χ1v) is 9.93. The van der Waals surface area contributed by atoms with E-state index in [1.807, 2.05) is 29.3 Å². The Morgan fingerprint density at radius 2 is 2.07 bits per heavy atom. The summed E-state index contributed by atoms with van der Waals surface area (Å²) in [6, 6.07) is 10.7. The lowest BCUT2D eigenvalue weighted by Crippen LogP contribution is -2.31. The Balaban J connectivity index is 1.63. The van der Waals surface area contributed by atoms with Crippen molar-refractivity contribution in [2.75, 3.05) is 6.54 Å². The van der Waals surface area contributed by atoms with Crippen molar-refractivity contribution in [3.63, 3.8) is 0 Å². The van der Waals surface area contributed by atoms with Crippen LogP contribution in [0.4, 0.5) is 4.39 Å². The zero-order valence-electron chi connectivity index (χ0n) is 15.9. The van der Waals surface area contributed by atoms with Crippen molar-refractivity contribution < 1.29 is 9.18 Å². The molecule has 0 N–H and O–H groups in total. The number of carbonyl (C=O) groups excluding carboxylic acids is 1. The van der Waals surface area contributed by atoms with Crippen molar-refractivity contribution in [3.8, 4) is 0 Å². The lowest BCUT2D eigenvalue weighted by molar-refractivity contribution is -0.131. The van der Waals surface area contributed by atoms with Gasteiger partial charge in [-0.05, 0) is 42.2 Å². The maximum absolute atomic E-state index is 13.5. The quantitative estimate of drug-likeness (QED) is 0.561. The van der Waals surface area contributed by atoms with Crippen molar-refractivity contribution in [2.24, 2.45) is 5.92 Å². The molecule has 1 aliphatic rings. The minimum Gasteiger partial charge on any atom is -0.345 e. The van der Waals surface area contributed by atoms with Gasteiger partial charge in [-0.2, -0.15) is 0 Å². The fourth-order valence-electron chi connectivity index (χ4n) is 3.97. The Hall–Kier alpha value is -2.36. The van der Waals surface area contributed by atoms with Crippen LogP contribution in [0, 0.1) is 11.7 Å². The lowest BCUT2D eigenvalue weighted by atomic mass is 10.0. The van der Waals surface area contributed by atoms with Gasteiger partial charge in [0.15, 0.2) is 0 Å². The van der Waals surface area contributed by atoms with Crippen LogP contribution in [0.2, 0.25) is 0 Å². The maximum atomic E-state index is 13.5. The molecule has 3 rings (SSSR count). The summed E-state index contributed by atoms with van der Waals surface area (Å²) >= 11 is 0. The molecule has 4 heteroatoms. The number of carbonyl (C=O) groups is 1. The zero-order valence-corrected chi connectivity index (χ0v) is 15.9. The molecule has 3 nitrogen and oxygen atoms in total. The second kappa shape index (κ2) is 9.54. The number of nitrogens with zero attached hydrogens (tertiary/aromatic N) is 2. The Bertz CT molecular complexity index is 761. The molecular weight excluding hydrogens is 339 g/mol. The van der Waals surface area contributed by atoms with Crippen LogP contribution >= 0.6 is 0 Å². The van der Waals surface area contributed by atoms with E-state index in [9.17, 15) is 9.18 Å². The predicted octanol–water partition coefficient (Wildman–Crippen LogP) is 5.16. The van der Waals surface area contributed by atoms with Crippen LogP contribution in [0.1, 0.15) is 49.8 Å². The average Bonchev–Trinajstić information content (AvgIpc) is 3.32. The van der Waals surface area contributed by atoms with Crippen molar-refractivity contribution in [3.05, 3.63) is 72.3 Å². The molecule has 1 heterocycles. The average molecular weight is 368 g/mol. The van der Waals surface area contributed by atoms with Gasteiger partial charge in [0.2, 0.25) is 5.91 Å². The molecule has 1 aromatic carbocycles. The molecule has 1 fully saturated rings. The molecule has 0 unspecified atom stereocenters. The van der Waals surface area contributed by atoms with Crippen molar-refractivity contribution in [1.82, 2.24) is 9.47 Å². The molecule has 1 saturated carbocycles. The van der Waals surface area contributed by atoms with Gasteiger partial charge in [0.1, 0.15) is 5.82 Å². The number of amides is 1. The summed E-state index contributed by atoms with van der Waals surface area (Å²) in [5.74, 6) is 0.688. The Morgan fingerprint density at radius 3 is 2.81 bits per heavy atom. The normalized spacial score (nSPS) is 14.4. The van der Waals surface area contributed by atoms with Crippen LogP contribution in [-0.4, -0.2) is 21.9 Å². The first kappa shape index (κ1) is 19.4. The number of hydrogen-bond donors (Lipinski definition) is 0. The Labute approximate surface area is 161 Å². The molecule has 0 radical (unpaired) electrons. The second-order valence-electron chi connectivity index (χ2n) is 7.51. The number of rotatable bonds is 9. The molecule has 0 bridgehead atoms. The molecule has 27 heavy (non-hydrogen) atoms. The molecule has 1 amide bonds. The van der Waals surface area contributed by atoms with E-state index in [2.05, 4.69) is 11.1 Å². The van der Waals surface area contributed by atoms with Gasteiger partial charge in [0.25, 0.3) is 0 Å². The van der Waals surface area contributed by atoms with Gasteiger partial charge in [0, 0.05) is 31.4 Å². The molecular formula is C23H29FN2O. The van der Waals surface area contributed by atoms with E-state index in [1.54, 1.807) is 18.2 Å². The zero-order chi connectivity index (χ0) is 19.1. The highest BCUT2D eigenvalue weighted by Gasteiger charge is 2.19. The fourth-order valence-corrected chi connectivity index (χ4v) is 3.97. The topological polar surface area (TPSA) is 25.2 Å². The van der Waals surface area contributed by atoms with Crippen LogP contribution in [-0.2, 0) is 17.9 Å². The van der Waals surface area contributed by atoms with Crippen LogP contribution in [0.5, 0.6) is 0 Å². The van der Waals surface area contributed by atoms with Gasteiger partial charge in [-0.3, -0.25) is 4.79 Å². The predicted molar refractivity (Wildman–Crippen MR) is 107 cm³/mol. The number of benzene rings is 1. The Morgan fingerprint density at radius 1 is 1.26 bits per heavy atom. The third kappa shape index (κ3) is 5.56. The fraction of sp³-hybridized carbons (Fsp3) is 0.435. The van der Waals surface area contributed by atoms with E-state index in [0.29, 0.717) is 26.1 Å². The van der Waals surface area contributed by atoms with Crippen LogP contribution in [0.3, 0.4) is 0 Å².